The highest BCUT2D eigenvalue weighted by Crippen LogP contribution is 2.16. The molecule has 0 fully saturated rings. The van der Waals surface area contributed by atoms with Gasteiger partial charge in [0.2, 0.25) is 5.91 Å². The van der Waals surface area contributed by atoms with E-state index in [1.165, 1.54) is 0 Å². The van der Waals surface area contributed by atoms with Gasteiger partial charge in [-0.1, -0.05) is 35.9 Å². The number of halogens is 1. The molecule has 1 aromatic heterocycles. The van der Waals surface area contributed by atoms with E-state index in [4.69, 9.17) is 17.3 Å². The molecule has 2 aromatic rings. The first-order chi connectivity index (χ1) is 9.56. The molecule has 1 heterocycles. The minimum atomic E-state index is -0.465. The lowest BCUT2D eigenvalue weighted by atomic mass is 10.1. The Hall–Kier alpha value is -2.40. The van der Waals surface area contributed by atoms with Gasteiger partial charge in [-0.2, -0.15) is 0 Å². The summed E-state index contributed by atoms with van der Waals surface area (Å²) < 4.78 is 0. The molecule has 0 spiro atoms. The summed E-state index contributed by atoms with van der Waals surface area (Å²) in [5.74, 6) is -0.864. The molecule has 1 aromatic carbocycles. The number of benzene rings is 1. The fourth-order valence-corrected chi connectivity index (χ4v) is 1.87. The van der Waals surface area contributed by atoms with Gasteiger partial charge in [-0.25, -0.2) is 4.98 Å². The van der Waals surface area contributed by atoms with E-state index in [-0.39, 0.29) is 17.3 Å². The molecule has 0 atom stereocenters. The molecule has 2 amide bonds. The highest BCUT2D eigenvalue weighted by Gasteiger charge is 2.11. The third-order valence-corrected chi connectivity index (χ3v) is 2.79. The summed E-state index contributed by atoms with van der Waals surface area (Å²) in [4.78, 5) is 27.0. The average molecular weight is 290 g/mol. The Morgan fingerprint density at radius 3 is 2.60 bits per heavy atom. The lowest BCUT2D eigenvalue weighted by molar-refractivity contribution is -0.117. The van der Waals surface area contributed by atoms with Gasteiger partial charge >= 0.3 is 0 Å². The van der Waals surface area contributed by atoms with Crippen molar-refractivity contribution in [1.29, 1.82) is 0 Å². The van der Waals surface area contributed by atoms with Crippen LogP contribution in [0.2, 0.25) is 5.15 Å². The average Bonchev–Trinajstić information content (AvgIpc) is 2.40. The molecule has 0 aliphatic heterocycles. The Labute approximate surface area is 120 Å². The van der Waals surface area contributed by atoms with Crippen LogP contribution in [0.25, 0.3) is 0 Å². The summed E-state index contributed by atoms with van der Waals surface area (Å²) >= 11 is 5.74. The summed E-state index contributed by atoms with van der Waals surface area (Å²) in [6, 6.07) is 11.7. The van der Waals surface area contributed by atoms with Crippen molar-refractivity contribution in [3.63, 3.8) is 0 Å². The molecular weight excluding hydrogens is 278 g/mol. The number of nitrogens with zero attached hydrogens (tertiary/aromatic N) is 1. The molecule has 2 rings (SSSR count). The number of carbonyl (C=O) groups excluding carboxylic acids is 2. The van der Waals surface area contributed by atoms with E-state index in [1.807, 2.05) is 0 Å². The second-order valence-electron chi connectivity index (χ2n) is 4.10. The summed E-state index contributed by atoms with van der Waals surface area (Å²) in [5, 5.41) is 2.93. The Bertz CT molecular complexity index is 658. The van der Waals surface area contributed by atoms with E-state index in [0.29, 0.717) is 11.3 Å². The Balaban J connectivity index is 2.21. The third-order valence-electron chi connectivity index (χ3n) is 2.58. The van der Waals surface area contributed by atoms with Crippen LogP contribution in [0.3, 0.4) is 0 Å². The first-order valence-corrected chi connectivity index (χ1v) is 6.24. The van der Waals surface area contributed by atoms with E-state index >= 15 is 0 Å². The zero-order valence-electron chi connectivity index (χ0n) is 10.5. The van der Waals surface area contributed by atoms with Crippen molar-refractivity contribution in [2.45, 2.75) is 6.42 Å². The van der Waals surface area contributed by atoms with E-state index < -0.39 is 11.8 Å². The Morgan fingerprint density at radius 1 is 1.15 bits per heavy atom. The molecule has 0 saturated carbocycles. The molecule has 20 heavy (non-hydrogen) atoms. The van der Waals surface area contributed by atoms with Crippen LogP contribution in [0.5, 0.6) is 0 Å². The fraction of sp³-hybridized carbons (Fsp3) is 0.0714. The minimum absolute atomic E-state index is 0.0550. The van der Waals surface area contributed by atoms with Gasteiger partial charge in [0.25, 0.3) is 5.91 Å². The number of nitrogens with one attached hydrogen (secondary N) is 1. The third kappa shape index (κ3) is 3.55. The van der Waals surface area contributed by atoms with Crippen molar-refractivity contribution in [2.24, 2.45) is 5.73 Å². The van der Waals surface area contributed by atoms with Crippen molar-refractivity contribution in [1.82, 2.24) is 4.98 Å². The van der Waals surface area contributed by atoms with Gasteiger partial charge in [0.05, 0.1) is 6.42 Å². The van der Waals surface area contributed by atoms with Crippen molar-refractivity contribution in [3.8, 4) is 0 Å². The predicted octanol–water partition coefficient (Wildman–Crippen LogP) is 2.02. The van der Waals surface area contributed by atoms with Crippen molar-refractivity contribution >= 4 is 29.1 Å². The summed E-state index contributed by atoms with van der Waals surface area (Å²) in [7, 11) is 0. The number of nitrogens with two attached hydrogens (primary N) is 1. The Kier molecular flexibility index (Phi) is 4.32. The largest absolute Gasteiger partial charge is 0.369 e. The molecule has 6 heteroatoms. The normalized spacial score (nSPS) is 10.1. The quantitative estimate of drug-likeness (QED) is 0.844. The van der Waals surface area contributed by atoms with Gasteiger partial charge in [0.1, 0.15) is 10.8 Å². The molecule has 0 unspecified atom stereocenters. The van der Waals surface area contributed by atoms with E-state index in [9.17, 15) is 9.59 Å². The monoisotopic (exact) mass is 289 g/mol. The summed E-state index contributed by atoms with van der Waals surface area (Å²) in [5.41, 5.74) is 6.55. The van der Waals surface area contributed by atoms with Crippen LogP contribution in [-0.2, 0) is 11.2 Å². The van der Waals surface area contributed by atoms with Crippen LogP contribution >= 0.6 is 11.6 Å². The molecule has 0 bridgehead atoms. The number of primary amides is 1. The molecular formula is C14H12ClN3O2. The number of rotatable bonds is 4. The van der Waals surface area contributed by atoms with Gasteiger partial charge in [-0.3, -0.25) is 9.59 Å². The van der Waals surface area contributed by atoms with Crippen LogP contribution in [0.1, 0.15) is 16.1 Å². The minimum Gasteiger partial charge on any atom is -0.369 e. The van der Waals surface area contributed by atoms with Gasteiger partial charge in [-0.05, 0) is 23.8 Å². The summed E-state index contributed by atoms with van der Waals surface area (Å²) in [6.45, 7) is 0. The van der Waals surface area contributed by atoms with Gasteiger partial charge < -0.3 is 11.1 Å². The number of hydrogen-bond donors (Lipinski definition) is 2. The van der Waals surface area contributed by atoms with Crippen LogP contribution in [0, 0.1) is 0 Å². The molecule has 0 aliphatic rings. The molecule has 0 aliphatic carbocycles. The zero-order chi connectivity index (χ0) is 14.5. The van der Waals surface area contributed by atoms with Crippen LogP contribution in [0.4, 0.5) is 5.69 Å². The van der Waals surface area contributed by atoms with Crippen molar-refractivity contribution in [2.75, 3.05) is 5.32 Å². The maximum atomic E-state index is 12.1. The van der Waals surface area contributed by atoms with E-state index in [0.717, 1.165) is 0 Å². The number of aromatic nitrogens is 1. The van der Waals surface area contributed by atoms with Gasteiger partial charge in [-0.15, -0.1) is 0 Å². The molecule has 0 radical (unpaired) electrons. The van der Waals surface area contributed by atoms with Gasteiger partial charge in [0, 0.05) is 5.69 Å². The SMILES string of the molecule is NC(=O)Cc1ccccc1NC(=O)c1cccc(Cl)n1. The van der Waals surface area contributed by atoms with Crippen LogP contribution in [-0.4, -0.2) is 16.8 Å². The van der Waals surface area contributed by atoms with Crippen molar-refractivity contribution in [3.05, 3.63) is 58.9 Å². The first kappa shape index (κ1) is 14.0. The number of anilines is 1. The Morgan fingerprint density at radius 2 is 1.90 bits per heavy atom. The van der Waals surface area contributed by atoms with E-state index in [2.05, 4.69) is 10.3 Å². The maximum absolute atomic E-state index is 12.1. The lowest BCUT2D eigenvalue weighted by Crippen LogP contribution is -2.18. The second kappa shape index (κ2) is 6.16. The molecule has 102 valence electrons. The zero-order valence-corrected chi connectivity index (χ0v) is 11.2. The highest BCUT2D eigenvalue weighted by atomic mass is 35.5. The maximum Gasteiger partial charge on any atom is 0.274 e. The highest BCUT2D eigenvalue weighted by molar-refractivity contribution is 6.29. The number of amides is 2. The number of hydrogen-bond acceptors (Lipinski definition) is 3. The standard InChI is InChI=1S/C14H12ClN3O2/c15-12-7-3-6-11(17-12)14(20)18-10-5-2-1-4-9(10)8-13(16)19/h1-7H,8H2,(H2,16,19)(H,18,20). The summed E-state index contributed by atoms with van der Waals surface area (Å²) in [6.07, 6.45) is 0.0550. The second-order valence-corrected chi connectivity index (χ2v) is 4.49. The smallest absolute Gasteiger partial charge is 0.274 e. The van der Waals surface area contributed by atoms with Gasteiger partial charge in [0.15, 0.2) is 0 Å². The van der Waals surface area contributed by atoms with E-state index in [1.54, 1.807) is 42.5 Å². The fourth-order valence-electron chi connectivity index (χ4n) is 1.71. The lowest BCUT2D eigenvalue weighted by Gasteiger charge is -2.09. The topological polar surface area (TPSA) is 85.1 Å². The predicted molar refractivity (Wildman–Crippen MR) is 76.5 cm³/mol. The number of pyridine rings is 1. The first-order valence-electron chi connectivity index (χ1n) is 5.86. The van der Waals surface area contributed by atoms with Crippen molar-refractivity contribution < 1.29 is 9.59 Å². The molecule has 5 nitrogen and oxygen atoms in total. The van der Waals surface area contributed by atoms with Crippen LogP contribution < -0.4 is 11.1 Å². The number of carbonyl (C=O) groups is 2. The molecule has 0 saturated heterocycles. The molecule has 3 N–H and O–H groups in total. The van der Waals surface area contributed by atoms with Crippen LogP contribution in [0.15, 0.2) is 42.5 Å². The number of para-hydroxylation sites is 1.